The second kappa shape index (κ2) is 8.34. The van der Waals surface area contributed by atoms with Crippen LogP contribution in [0.15, 0.2) is 30.3 Å². The molecule has 0 saturated carbocycles. The third kappa shape index (κ3) is 4.51. The van der Waals surface area contributed by atoms with Gasteiger partial charge in [0, 0.05) is 25.7 Å². The minimum absolute atomic E-state index is 0.0437. The predicted octanol–water partition coefficient (Wildman–Crippen LogP) is 2.28. The Kier molecular flexibility index (Phi) is 5.91. The number of nitrogens with zero attached hydrogens (tertiary/aromatic N) is 2. The van der Waals surface area contributed by atoms with Gasteiger partial charge in [-0.15, -0.1) is 0 Å². The molecule has 6 heteroatoms. The molecule has 0 N–H and O–H groups in total. The van der Waals surface area contributed by atoms with Gasteiger partial charge in [0.1, 0.15) is 6.61 Å². The van der Waals surface area contributed by atoms with E-state index in [1.54, 1.807) is 4.90 Å². The summed E-state index contributed by atoms with van der Waals surface area (Å²) in [5.74, 6) is -0.167. The van der Waals surface area contributed by atoms with Crippen molar-refractivity contribution >= 4 is 12.1 Å². The van der Waals surface area contributed by atoms with Crippen molar-refractivity contribution in [1.29, 1.82) is 0 Å². The summed E-state index contributed by atoms with van der Waals surface area (Å²) in [6.45, 7) is 3.38. The van der Waals surface area contributed by atoms with Crippen molar-refractivity contribution in [2.75, 3.05) is 33.3 Å². The third-order valence-corrected chi connectivity index (χ3v) is 5.13. The number of hydrogen-bond donors (Lipinski definition) is 0. The van der Waals surface area contributed by atoms with E-state index in [1.165, 1.54) is 7.11 Å². The van der Waals surface area contributed by atoms with Crippen LogP contribution in [-0.2, 0) is 20.9 Å². The summed E-state index contributed by atoms with van der Waals surface area (Å²) in [4.78, 5) is 28.2. The SMILES string of the molecule is COC(=O)[C@@H]1CCCN([C@@H]2CCN(C(=O)OCc3ccccc3)C2)C1. The van der Waals surface area contributed by atoms with Crippen LogP contribution in [0.25, 0.3) is 0 Å². The Hall–Kier alpha value is -2.08. The van der Waals surface area contributed by atoms with Crippen LogP contribution in [0.5, 0.6) is 0 Å². The van der Waals surface area contributed by atoms with E-state index in [0.29, 0.717) is 25.7 Å². The Morgan fingerprint density at radius 3 is 2.68 bits per heavy atom. The van der Waals surface area contributed by atoms with Crippen molar-refractivity contribution in [1.82, 2.24) is 9.80 Å². The smallest absolute Gasteiger partial charge is 0.410 e. The number of rotatable bonds is 4. The number of hydrogen-bond acceptors (Lipinski definition) is 5. The number of carbonyl (C=O) groups excluding carboxylic acids is 2. The topological polar surface area (TPSA) is 59.1 Å². The second-order valence-corrected chi connectivity index (χ2v) is 6.79. The van der Waals surface area contributed by atoms with Crippen LogP contribution >= 0.6 is 0 Å². The number of esters is 1. The number of methoxy groups -OCH3 is 1. The van der Waals surface area contributed by atoms with Crippen LogP contribution in [0.2, 0.25) is 0 Å². The summed E-state index contributed by atoms with van der Waals surface area (Å²) in [7, 11) is 1.45. The molecule has 3 rings (SSSR count). The van der Waals surface area contributed by atoms with Gasteiger partial charge >= 0.3 is 12.1 Å². The van der Waals surface area contributed by atoms with Crippen molar-refractivity contribution < 1.29 is 19.1 Å². The second-order valence-electron chi connectivity index (χ2n) is 6.79. The number of piperidine rings is 1. The third-order valence-electron chi connectivity index (χ3n) is 5.13. The van der Waals surface area contributed by atoms with Gasteiger partial charge in [0.25, 0.3) is 0 Å². The molecular weight excluding hydrogens is 320 g/mol. The molecule has 25 heavy (non-hydrogen) atoms. The summed E-state index contributed by atoms with van der Waals surface area (Å²) < 4.78 is 10.3. The first-order valence-electron chi connectivity index (χ1n) is 8.95. The molecule has 2 heterocycles. The summed E-state index contributed by atoms with van der Waals surface area (Å²) >= 11 is 0. The van der Waals surface area contributed by atoms with Crippen LogP contribution in [0.3, 0.4) is 0 Å². The fraction of sp³-hybridized carbons (Fsp3) is 0.579. The van der Waals surface area contributed by atoms with E-state index < -0.39 is 0 Å². The fourth-order valence-corrected chi connectivity index (χ4v) is 3.71. The molecule has 2 fully saturated rings. The standard InChI is InChI=1S/C19H26N2O4/c1-24-18(22)16-8-5-10-20(12-16)17-9-11-21(13-17)19(23)25-14-15-6-3-2-4-7-15/h2-4,6-7,16-17H,5,8-14H2,1H3/t16-,17-/m1/s1. The summed E-state index contributed by atoms with van der Waals surface area (Å²) in [6, 6.07) is 10.0. The van der Waals surface area contributed by atoms with E-state index in [0.717, 1.165) is 37.9 Å². The number of amides is 1. The fourth-order valence-electron chi connectivity index (χ4n) is 3.71. The zero-order valence-corrected chi connectivity index (χ0v) is 14.7. The lowest BCUT2D eigenvalue weighted by atomic mass is 9.96. The van der Waals surface area contributed by atoms with Gasteiger partial charge in [0.15, 0.2) is 0 Å². The lowest BCUT2D eigenvalue weighted by molar-refractivity contribution is -0.147. The Morgan fingerprint density at radius 2 is 1.92 bits per heavy atom. The highest BCUT2D eigenvalue weighted by atomic mass is 16.6. The van der Waals surface area contributed by atoms with E-state index in [4.69, 9.17) is 9.47 Å². The molecule has 0 radical (unpaired) electrons. The van der Waals surface area contributed by atoms with Gasteiger partial charge in [-0.2, -0.15) is 0 Å². The first-order valence-corrected chi connectivity index (χ1v) is 8.95. The molecular formula is C19H26N2O4. The number of ether oxygens (including phenoxy) is 2. The average Bonchev–Trinajstić information content (AvgIpc) is 3.17. The minimum atomic E-state index is -0.257. The van der Waals surface area contributed by atoms with E-state index in [2.05, 4.69) is 4.90 Å². The molecule has 0 spiro atoms. The molecule has 2 aliphatic rings. The van der Waals surface area contributed by atoms with Crippen molar-refractivity contribution in [2.24, 2.45) is 5.92 Å². The minimum Gasteiger partial charge on any atom is -0.469 e. The molecule has 0 bridgehead atoms. The zero-order chi connectivity index (χ0) is 17.6. The summed E-state index contributed by atoms with van der Waals surface area (Å²) in [5.41, 5.74) is 0.989. The maximum absolute atomic E-state index is 12.3. The number of benzene rings is 1. The van der Waals surface area contributed by atoms with Gasteiger partial charge in [0.2, 0.25) is 0 Å². The van der Waals surface area contributed by atoms with Crippen LogP contribution < -0.4 is 0 Å². The highest BCUT2D eigenvalue weighted by Crippen LogP contribution is 2.24. The van der Waals surface area contributed by atoms with E-state index in [1.807, 2.05) is 30.3 Å². The van der Waals surface area contributed by atoms with Crippen molar-refractivity contribution in [2.45, 2.75) is 31.9 Å². The molecule has 1 aromatic carbocycles. The highest BCUT2D eigenvalue weighted by molar-refractivity contribution is 5.72. The molecule has 2 saturated heterocycles. The molecule has 1 aromatic rings. The van der Waals surface area contributed by atoms with Crippen molar-refractivity contribution in [3.8, 4) is 0 Å². The van der Waals surface area contributed by atoms with Crippen LogP contribution in [0, 0.1) is 5.92 Å². The number of carbonyl (C=O) groups is 2. The van der Waals surface area contributed by atoms with E-state index >= 15 is 0 Å². The molecule has 0 aromatic heterocycles. The van der Waals surface area contributed by atoms with Gasteiger partial charge in [-0.3, -0.25) is 9.69 Å². The molecule has 1 amide bonds. The first-order chi connectivity index (χ1) is 12.2. The van der Waals surface area contributed by atoms with Gasteiger partial charge in [-0.05, 0) is 31.4 Å². The summed E-state index contributed by atoms with van der Waals surface area (Å²) in [5, 5.41) is 0. The van der Waals surface area contributed by atoms with Crippen molar-refractivity contribution in [3.63, 3.8) is 0 Å². The average molecular weight is 346 g/mol. The Morgan fingerprint density at radius 1 is 1.12 bits per heavy atom. The quantitative estimate of drug-likeness (QED) is 0.783. The monoisotopic (exact) mass is 346 g/mol. The molecule has 0 aliphatic carbocycles. The molecule has 2 atom stereocenters. The van der Waals surface area contributed by atoms with Gasteiger partial charge in [0.05, 0.1) is 13.0 Å². The Bertz CT molecular complexity index is 592. The lowest BCUT2D eigenvalue weighted by Crippen LogP contribution is -2.46. The van der Waals surface area contributed by atoms with Crippen LogP contribution in [0.1, 0.15) is 24.8 Å². The molecule has 136 valence electrons. The van der Waals surface area contributed by atoms with Crippen molar-refractivity contribution in [3.05, 3.63) is 35.9 Å². The van der Waals surface area contributed by atoms with E-state index in [9.17, 15) is 9.59 Å². The van der Waals surface area contributed by atoms with Gasteiger partial charge < -0.3 is 14.4 Å². The first kappa shape index (κ1) is 17.7. The molecule has 2 aliphatic heterocycles. The maximum atomic E-state index is 12.3. The highest BCUT2D eigenvalue weighted by Gasteiger charge is 2.35. The zero-order valence-electron chi connectivity index (χ0n) is 14.7. The maximum Gasteiger partial charge on any atom is 0.410 e. The normalized spacial score (nSPS) is 24.1. The van der Waals surface area contributed by atoms with Crippen LogP contribution in [0.4, 0.5) is 4.79 Å². The van der Waals surface area contributed by atoms with Crippen LogP contribution in [-0.4, -0.2) is 61.2 Å². The largest absolute Gasteiger partial charge is 0.469 e. The molecule has 6 nitrogen and oxygen atoms in total. The number of likely N-dealkylation sites (tertiary alicyclic amines) is 2. The Balaban J connectivity index is 1.47. The summed E-state index contributed by atoms with van der Waals surface area (Å²) in [6.07, 6.45) is 2.55. The predicted molar refractivity (Wildman–Crippen MR) is 92.9 cm³/mol. The molecule has 0 unspecified atom stereocenters. The van der Waals surface area contributed by atoms with Gasteiger partial charge in [-0.1, -0.05) is 30.3 Å². The lowest BCUT2D eigenvalue weighted by Gasteiger charge is -2.35. The van der Waals surface area contributed by atoms with E-state index in [-0.39, 0.29) is 18.0 Å². The van der Waals surface area contributed by atoms with Gasteiger partial charge in [-0.25, -0.2) is 4.79 Å². The Labute approximate surface area is 148 Å².